The summed E-state index contributed by atoms with van der Waals surface area (Å²) in [6.07, 6.45) is -6.44. The van der Waals surface area contributed by atoms with Crippen LogP contribution in [0.5, 0.6) is 17.2 Å². The molecule has 178 valence electrons. The summed E-state index contributed by atoms with van der Waals surface area (Å²) in [6, 6.07) is 5.37. The molecule has 0 aromatic heterocycles. The average molecular weight is 495 g/mol. The Hall–Kier alpha value is -3.65. The number of methoxy groups -OCH3 is 1. The smallest absolute Gasteiger partial charge is 0.416 e. The fourth-order valence-corrected chi connectivity index (χ4v) is 2.51. The van der Waals surface area contributed by atoms with Crippen molar-refractivity contribution >= 4 is 23.3 Å². The molecule has 0 heterocycles. The third kappa shape index (κ3) is 7.18. The number of nitrogens with zero attached hydrogens (tertiary/aromatic N) is 2. The summed E-state index contributed by atoms with van der Waals surface area (Å²) in [6.45, 7) is -1.27. The van der Waals surface area contributed by atoms with Crippen LogP contribution >= 0.6 is 11.6 Å². The molecule has 0 bridgehead atoms. The molecule has 1 atom stereocenters. The van der Waals surface area contributed by atoms with Crippen LogP contribution in [0.4, 0.5) is 18.9 Å². The second kappa shape index (κ2) is 10.8. The van der Waals surface area contributed by atoms with Crippen molar-refractivity contribution in [3.63, 3.8) is 0 Å². The molecule has 1 unspecified atom stereocenters. The molecular formula is C18H14ClF3N2O9. The van der Waals surface area contributed by atoms with Crippen LogP contribution in [0.15, 0.2) is 36.4 Å². The van der Waals surface area contributed by atoms with Gasteiger partial charge < -0.3 is 18.9 Å². The van der Waals surface area contributed by atoms with Crippen molar-refractivity contribution in [2.24, 2.45) is 0 Å². The van der Waals surface area contributed by atoms with Gasteiger partial charge in [0, 0.05) is 24.2 Å². The molecule has 0 fully saturated rings. The molecule has 0 amide bonds. The summed E-state index contributed by atoms with van der Waals surface area (Å²) in [7, 11) is 1.02. The first kappa shape index (κ1) is 25.6. The van der Waals surface area contributed by atoms with E-state index in [0.717, 1.165) is 37.4 Å². The molecule has 2 rings (SSSR count). The lowest BCUT2D eigenvalue weighted by molar-refractivity contribution is -0.482. The quantitative estimate of drug-likeness (QED) is 0.205. The van der Waals surface area contributed by atoms with Crippen molar-refractivity contribution in [1.29, 1.82) is 0 Å². The molecule has 0 saturated heterocycles. The largest absolute Gasteiger partial charge is 0.456 e. The second-order valence-electron chi connectivity index (χ2n) is 6.04. The first-order valence-electron chi connectivity index (χ1n) is 8.73. The van der Waals surface area contributed by atoms with Gasteiger partial charge in [-0.15, -0.1) is 0 Å². The SMILES string of the molecule is COC(Oc1cc(Oc2ccc(C(F)(F)F)cc2Cl)ccc1[N+](=O)[O-])C(=O)OCC[N+](=O)[O-]. The van der Waals surface area contributed by atoms with Gasteiger partial charge in [-0.25, -0.2) is 4.79 Å². The lowest BCUT2D eigenvalue weighted by Crippen LogP contribution is -2.32. The number of halogens is 4. The van der Waals surface area contributed by atoms with Crippen LogP contribution < -0.4 is 9.47 Å². The summed E-state index contributed by atoms with van der Waals surface area (Å²) < 4.78 is 58.3. The molecule has 0 aliphatic rings. The maximum Gasteiger partial charge on any atom is 0.416 e. The lowest BCUT2D eigenvalue weighted by Gasteiger charge is -2.16. The number of esters is 1. The van der Waals surface area contributed by atoms with E-state index in [2.05, 4.69) is 4.74 Å². The van der Waals surface area contributed by atoms with Crippen molar-refractivity contribution in [3.8, 4) is 17.2 Å². The summed E-state index contributed by atoms with van der Waals surface area (Å²) in [4.78, 5) is 32.0. The van der Waals surface area contributed by atoms with Gasteiger partial charge >= 0.3 is 17.8 Å². The Kier molecular flexibility index (Phi) is 8.37. The van der Waals surface area contributed by atoms with Crippen molar-refractivity contribution in [1.82, 2.24) is 0 Å². The predicted molar refractivity (Wildman–Crippen MR) is 104 cm³/mol. The van der Waals surface area contributed by atoms with Crippen LogP contribution in [0.3, 0.4) is 0 Å². The van der Waals surface area contributed by atoms with Crippen molar-refractivity contribution in [3.05, 3.63) is 67.2 Å². The van der Waals surface area contributed by atoms with Gasteiger partial charge in [0.25, 0.3) is 6.29 Å². The van der Waals surface area contributed by atoms with E-state index in [1.807, 2.05) is 0 Å². The van der Waals surface area contributed by atoms with Crippen LogP contribution in [0.2, 0.25) is 5.02 Å². The Labute approximate surface area is 187 Å². The molecule has 33 heavy (non-hydrogen) atoms. The maximum absolute atomic E-state index is 12.8. The molecule has 0 aliphatic carbocycles. The van der Waals surface area contributed by atoms with E-state index >= 15 is 0 Å². The number of nitro groups is 2. The number of rotatable bonds is 10. The number of benzene rings is 2. The minimum Gasteiger partial charge on any atom is -0.456 e. The highest BCUT2D eigenvalue weighted by Gasteiger charge is 2.31. The molecule has 11 nitrogen and oxygen atoms in total. The predicted octanol–water partition coefficient (Wildman–Crippen LogP) is 4.23. The Morgan fingerprint density at radius 3 is 2.36 bits per heavy atom. The first-order valence-corrected chi connectivity index (χ1v) is 9.11. The zero-order valence-corrected chi connectivity index (χ0v) is 17.3. The van der Waals surface area contributed by atoms with E-state index in [-0.39, 0.29) is 16.5 Å². The van der Waals surface area contributed by atoms with Crippen LogP contribution in [0.1, 0.15) is 5.56 Å². The summed E-state index contributed by atoms with van der Waals surface area (Å²) >= 11 is 5.83. The Morgan fingerprint density at radius 1 is 1.12 bits per heavy atom. The van der Waals surface area contributed by atoms with Crippen LogP contribution in [0, 0.1) is 20.2 Å². The Balaban J connectivity index is 2.26. The molecule has 0 spiro atoms. The number of hydrogen-bond donors (Lipinski definition) is 0. The van der Waals surface area contributed by atoms with E-state index in [4.69, 9.17) is 25.8 Å². The second-order valence-corrected chi connectivity index (χ2v) is 6.45. The molecule has 15 heteroatoms. The standard InChI is InChI=1S/C18H14ClF3N2O9/c1-30-17(16(25)31-7-6-23(26)27)33-15-9-11(3-4-13(15)24(28)29)32-14-5-2-10(8-12(14)19)18(20,21)22/h2-5,8-9,17H,6-7H2,1H3. The van der Waals surface area contributed by atoms with Gasteiger partial charge in [-0.2, -0.15) is 13.2 Å². The highest BCUT2D eigenvalue weighted by molar-refractivity contribution is 6.32. The minimum absolute atomic E-state index is 0.131. The van der Waals surface area contributed by atoms with Gasteiger partial charge in [-0.1, -0.05) is 11.6 Å². The topological polar surface area (TPSA) is 140 Å². The van der Waals surface area contributed by atoms with E-state index in [0.29, 0.717) is 6.07 Å². The highest BCUT2D eigenvalue weighted by atomic mass is 35.5. The van der Waals surface area contributed by atoms with E-state index < -0.39 is 58.4 Å². The van der Waals surface area contributed by atoms with Gasteiger partial charge in [0.1, 0.15) is 11.5 Å². The van der Waals surface area contributed by atoms with E-state index in [9.17, 15) is 38.2 Å². The first-order chi connectivity index (χ1) is 15.4. The molecule has 0 saturated carbocycles. The Morgan fingerprint density at radius 2 is 1.82 bits per heavy atom. The van der Waals surface area contributed by atoms with Gasteiger partial charge in [0.15, 0.2) is 6.61 Å². The number of hydrogen-bond acceptors (Lipinski definition) is 9. The third-order valence-electron chi connectivity index (χ3n) is 3.77. The third-order valence-corrected chi connectivity index (χ3v) is 4.07. The van der Waals surface area contributed by atoms with Crippen molar-refractivity contribution < 1.29 is 46.8 Å². The molecule has 0 N–H and O–H groups in total. The Bertz CT molecular complexity index is 1050. The number of ether oxygens (including phenoxy) is 4. The van der Waals surface area contributed by atoms with E-state index in [1.54, 1.807) is 0 Å². The maximum atomic E-state index is 12.8. The molecule has 2 aromatic carbocycles. The summed E-state index contributed by atoms with van der Waals surface area (Å²) in [5.74, 6) is -2.02. The fourth-order valence-electron chi connectivity index (χ4n) is 2.29. The monoisotopic (exact) mass is 494 g/mol. The molecule has 0 radical (unpaired) electrons. The average Bonchev–Trinajstić information content (AvgIpc) is 2.72. The van der Waals surface area contributed by atoms with Gasteiger partial charge in [-0.3, -0.25) is 20.2 Å². The number of alkyl halides is 3. The normalized spacial score (nSPS) is 12.0. The van der Waals surface area contributed by atoms with Gasteiger partial charge in [0.05, 0.1) is 15.5 Å². The molecular weight excluding hydrogens is 481 g/mol. The van der Waals surface area contributed by atoms with Gasteiger partial charge in [-0.05, 0) is 24.3 Å². The molecule has 2 aromatic rings. The fraction of sp³-hybridized carbons (Fsp3) is 0.278. The van der Waals surface area contributed by atoms with Crippen molar-refractivity contribution in [2.75, 3.05) is 20.3 Å². The van der Waals surface area contributed by atoms with Crippen LogP contribution in [-0.2, 0) is 20.4 Å². The summed E-state index contributed by atoms with van der Waals surface area (Å²) in [5, 5.41) is 21.2. The highest BCUT2D eigenvalue weighted by Crippen LogP contribution is 2.38. The molecule has 0 aliphatic heterocycles. The van der Waals surface area contributed by atoms with E-state index in [1.165, 1.54) is 0 Å². The number of nitro benzene ring substituents is 1. The zero-order chi connectivity index (χ0) is 24.8. The van der Waals surface area contributed by atoms with Crippen LogP contribution in [0.25, 0.3) is 0 Å². The van der Waals surface area contributed by atoms with Crippen molar-refractivity contribution in [2.45, 2.75) is 12.5 Å². The van der Waals surface area contributed by atoms with Gasteiger partial charge in [0.2, 0.25) is 12.3 Å². The number of carbonyl (C=O) groups excluding carboxylic acids is 1. The zero-order valence-electron chi connectivity index (χ0n) is 16.5. The lowest BCUT2D eigenvalue weighted by atomic mass is 10.2. The van der Waals surface area contributed by atoms with Crippen LogP contribution in [-0.4, -0.2) is 42.4 Å². The summed E-state index contributed by atoms with van der Waals surface area (Å²) in [5.41, 5.74) is -1.62. The minimum atomic E-state index is -4.63. The number of carbonyl (C=O) groups is 1.